The molecule has 3 N–H and O–H groups in total. The zero-order chi connectivity index (χ0) is 29.2. The van der Waals surface area contributed by atoms with Crippen molar-refractivity contribution < 1.29 is 23.9 Å². The molecule has 4 rings (SSSR count). The van der Waals surface area contributed by atoms with E-state index in [1.807, 2.05) is 29.6 Å². The third-order valence-electron chi connectivity index (χ3n) is 5.80. The van der Waals surface area contributed by atoms with Crippen molar-refractivity contribution in [1.82, 2.24) is 5.32 Å². The number of hydrogen-bond donors (Lipinski definition) is 3. The Bertz CT molecular complexity index is 1540. The van der Waals surface area contributed by atoms with Gasteiger partial charge in [-0.1, -0.05) is 30.3 Å². The van der Waals surface area contributed by atoms with Crippen LogP contribution in [0.25, 0.3) is 6.08 Å². The summed E-state index contributed by atoms with van der Waals surface area (Å²) in [5, 5.41) is 9.92. The predicted molar refractivity (Wildman–Crippen MR) is 165 cm³/mol. The minimum Gasteiger partial charge on any atom is -0.497 e. The van der Waals surface area contributed by atoms with Crippen LogP contribution in [0.4, 0.5) is 11.4 Å². The molecule has 0 saturated heterocycles. The lowest BCUT2D eigenvalue weighted by atomic mass is 10.2. The molecule has 0 aliphatic rings. The molecule has 0 saturated carbocycles. The Morgan fingerprint density at radius 3 is 2.39 bits per heavy atom. The highest BCUT2D eigenvalue weighted by atomic mass is 32.2. The third kappa shape index (κ3) is 8.23. The van der Waals surface area contributed by atoms with Crippen molar-refractivity contribution in [3.8, 4) is 11.5 Å². The highest BCUT2D eigenvalue weighted by molar-refractivity contribution is 8.00. The topological polar surface area (TPSA) is 106 Å². The van der Waals surface area contributed by atoms with Gasteiger partial charge in [0.25, 0.3) is 11.8 Å². The number of carbonyl (C=O) groups excluding carboxylic acids is 3. The Hall–Kier alpha value is -4.54. The van der Waals surface area contributed by atoms with Gasteiger partial charge in [-0.05, 0) is 66.9 Å². The van der Waals surface area contributed by atoms with Crippen molar-refractivity contribution in [2.45, 2.75) is 17.1 Å². The molecule has 1 unspecified atom stereocenters. The molecule has 0 aliphatic carbocycles. The number of thiophene rings is 1. The number of ether oxygens (including phenoxy) is 2. The summed E-state index contributed by atoms with van der Waals surface area (Å²) in [6.07, 6.45) is 1.64. The maximum Gasteiger partial charge on any atom is 0.272 e. The summed E-state index contributed by atoms with van der Waals surface area (Å²) in [5.74, 6) is 0.0423. The Balaban J connectivity index is 1.44. The van der Waals surface area contributed by atoms with Crippen LogP contribution in [0.15, 0.2) is 101 Å². The van der Waals surface area contributed by atoms with Gasteiger partial charge in [0.05, 0.1) is 25.2 Å². The normalized spacial score (nSPS) is 11.7. The van der Waals surface area contributed by atoms with Gasteiger partial charge in [-0.25, -0.2) is 0 Å². The van der Waals surface area contributed by atoms with Crippen molar-refractivity contribution in [2.24, 2.45) is 0 Å². The molecule has 0 radical (unpaired) electrons. The van der Waals surface area contributed by atoms with E-state index in [2.05, 4.69) is 16.0 Å². The van der Waals surface area contributed by atoms with Crippen LogP contribution in [0.1, 0.15) is 22.2 Å². The fourth-order valence-electron chi connectivity index (χ4n) is 3.70. The van der Waals surface area contributed by atoms with Gasteiger partial charge < -0.3 is 25.4 Å². The first-order valence-electron chi connectivity index (χ1n) is 12.6. The van der Waals surface area contributed by atoms with E-state index in [9.17, 15) is 14.4 Å². The van der Waals surface area contributed by atoms with Crippen molar-refractivity contribution in [3.05, 3.63) is 106 Å². The first kappa shape index (κ1) is 29.4. The number of amides is 3. The Labute approximate surface area is 246 Å². The Morgan fingerprint density at radius 2 is 1.68 bits per heavy atom. The number of nitrogens with one attached hydrogen (secondary N) is 3. The van der Waals surface area contributed by atoms with Gasteiger partial charge in [0.1, 0.15) is 17.2 Å². The molecular weight excluding hydrogens is 558 g/mol. The second kappa shape index (κ2) is 14.2. The molecule has 1 heterocycles. The van der Waals surface area contributed by atoms with Gasteiger partial charge in [0.2, 0.25) is 5.91 Å². The fraction of sp³-hybridized carbons (Fsp3) is 0.129. The van der Waals surface area contributed by atoms with E-state index in [1.165, 1.54) is 30.2 Å². The number of carbonyl (C=O) groups is 3. The van der Waals surface area contributed by atoms with Crippen LogP contribution in [0, 0.1) is 0 Å². The number of methoxy groups -OCH3 is 2. The second-order valence-corrected chi connectivity index (χ2v) is 11.1. The molecule has 41 heavy (non-hydrogen) atoms. The van der Waals surface area contributed by atoms with Crippen LogP contribution < -0.4 is 25.4 Å². The molecule has 4 aromatic rings. The highest BCUT2D eigenvalue weighted by Gasteiger charge is 2.19. The van der Waals surface area contributed by atoms with E-state index in [4.69, 9.17) is 9.47 Å². The maximum absolute atomic E-state index is 13.3. The first-order valence-corrected chi connectivity index (χ1v) is 14.3. The standard InChI is InChI=1S/C31H29N3O5S2/c1-20(29(35)33-26-15-14-23(38-2)18-28(26)39-3)41-25-12-7-11-22(17-25)32-31(37)27(19-24-13-8-16-40-24)34-30(36)21-9-5-4-6-10-21/h4-20H,1-3H3,(H,32,37)(H,33,35)(H,34,36)/b27-19-. The largest absolute Gasteiger partial charge is 0.497 e. The SMILES string of the molecule is COc1ccc(NC(=O)C(C)Sc2cccc(NC(=O)/C(=C/c3cccs3)NC(=O)c3ccccc3)c2)c(OC)c1. The van der Waals surface area contributed by atoms with Gasteiger partial charge in [-0.2, -0.15) is 0 Å². The second-order valence-electron chi connectivity index (χ2n) is 8.69. The van der Waals surface area contributed by atoms with Crippen LogP contribution in [-0.4, -0.2) is 37.2 Å². The molecule has 0 fully saturated rings. The number of hydrogen-bond acceptors (Lipinski definition) is 7. The van der Waals surface area contributed by atoms with Crippen LogP contribution in [0.2, 0.25) is 0 Å². The Kier molecular flexibility index (Phi) is 10.2. The predicted octanol–water partition coefficient (Wildman–Crippen LogP) is 6.29. The minimum atomic E-state index is -0.470. The summed E-state index contributed by atoms with van der Waals surface area (Å²) in [5.41, 5.74) is 1.61. The maximum atomic E-state index is 13.3. The number of thioether (sulfide) groups is 1. The molecule has 1 atom stereocenters. The van der Waals surface area contributed by atoms with Crippen LogP contribution in [0.5, 0.6) is 11.5 Å². The van der Waals surface area contributed by atoms with Crippen molar-refractivity contribution in [1.29, 1.82) is 0 Å². The molecule has 1 aromatic heterocycles. The summed E-state index contributed by atoms with van der Waals surface area (Å²) in [6, 6.07) is 24.8. The van der Waals surface area contributed by atoms with Crippen LogP contribution in [-0.2, 0) is 9.59 Å². The van der Waals surface area contributed by atoms with Crippen LogP contribution >= 0.6 is 23.1 Å². The lowest BCUT2D eigenvalue weighted by Gasteiger charge is -2.15. The molecule has 210 valence electrons. The van der Waals surface area contributed by atoms with E-state index in [1.54, 1.807) is 80.8 Å². The lowest BCUT2D eigenvalue weighted by Crippen LogP contribution is -2.30. The Morgan fingerprint density at radius 1 is 0.878 bits per heavy atom. The fourth-order valence-corrected chi connectivity index (χ4v) is 5.28. The summed E-state index contributed by atoms with van der Waals surface area (Å²) < 4.78 is 10.6. The molecule has 8 nitrogen and oxygen atoms in total. The molecule has 3 amide bonds. The molecule has 0 aliphatic heterocycles. The first-order chi connectivity index (χ1) is 19.9. The van der Waals surface area contributed by atoms with Crippen molar-refractivity contribution in [3.63, 3.8) is 0 Å². The minimum absolute atomic E-state index is 0.112. The number of rotatable bonds is 11. The number of anilines is 2. The van der Waals surface area contributed by atoms with E-state index in [0.29, 0.717) is 28.4 Å². The zero-order valence-corrected chi connectivity index (χ0v) is 24.3. The summed E-state index contributed by atoms with van der Waals surface area (Å²) in [7, 11) is 3.08. The summed E-state index contributed by atoms with van der Waals surface area (Å²) in [4.78, 5) is 40.6. The van der Waals surface area contributed by atoms with Gasteiger partial charge in [0, 0.05) is 27.1 Å². The average molecular weight is 588 g/mol. The smallest absolute Gasteiger partial charge is 0.272 e. The van der Waals surface area contributed by atoms with Crippen molar-refractivity contribution in [2.75, 3.05) is 24.9 Å². The summed E-state index contributed by atoms with van der Waals surface area (Å²) >= 11 is 2.79. The van der Waals surface area contributed by atoms with E-state index in [0.717, 1.165) is 9.77 Å². The van der Waals surface area contributed by atoms with Gasteiger partial charge in [-0.3, -0.25) is 14.4 Å². The average Bonchev–Trinajstić information content (AvgIpc) is 3.50. The number of benzene rings is 3. The molecule has 0 bridgehead atoms. The van der Waals surface area contributed by atoms with Crippen molar-refractivity contribution >= 4 is 58.3 Å². The summed E-state index contributed by atoms with van der Waals surface area (Å²) in [6.45, 7) is 1.79. The zero-order valence-electron chi connectivity index (χ0n) is 22.7. The molecular formula is C31H29N3O5S2. The van der Waals surface area contributed by atoms with E-state index < -0.39 is 11.2 Å². The third-order valence-corrected chi connectivity index (χ3v) is 7.71. The molecule has 10 heteroatoms. The highest BCUT2D eigenvalue weighted by Crippen LogP contribution is 2.31. The lowest BCUT2D eigenvalue weighted by molar-refractivity contribution is -0.115. The van der Waals surface area contributed by atoms with Gasteiger partial charge >= 0.3 is 0 Å². The molecule has 3 aromatic carbocycles. The van der Waals surface area contributed by atoms with E-state index >= 15 is 0 Å². The van der Waals surface area contributed by atoms with Gasteiger partial charge in [-0.15, -0.1) is 23.1 Å². The van der Waals surface area contributed by atoms with E-state index in [-0.39, 0.29) is 17.5 Å². The quantitative estimate of drug-likeness (QED) is 0.141. The molecule has 0 spiro atoms. The van der Waals surface area contributed by atoms with Crippen LogP contribution in [0.3, 0.4) is 0 Å². The monoisotopic (exact) mass is 587 g/mol. The van der Waals surface area contributed by atoms with Gasteiger partial charge in [0.15, 0.2) is 0 Å².